The molecule has 1 aromatic rings. The quantitative estimate of drug-likeness (QED) is 0.627. The molecule has 0 atom stereocenters. The summed E-state index contributed by atoms with van der Waals surface area (Å²) in [4.78, 5) is 24.5. The molecule has 0 saturated heterocycles. The van der Waals surface area contributed by atoms with Gasteiger partial charge in [-0.3, -0.25) is 9.59 Å². The summed E-state index contributed by atoms with van der Waals surface area (Å²) < 4.78 is 15.1. The maximum absolute atomic E-state index is 12.2. The number of aryl methyl sites for hydroxylation is 1. The van der Waals surface area contributed by atoms with Crippen LogP contribution in [-0.4, -0.2) is 33.3 Å². The van der Waals surface area contributed by atoms with Gasteiger partial charge >= 0.3 is 11.9 Å². The number of esters is 2. The van der Waals surface area contributed by atoms with Crippen LogP contribution in [0, 0.1) is 19.3 Å². The zero-order valence-electron chi connectivity index (χ0n) is 13.0. The van der Waals surface area contributed by atoms with Gasteiger partial charge in [0.05, 0.1) is 21.3 Å². The standard InChI is InChI=1S/C16H20O5/c1-9-6-13(19-3)10(2)12-8-16(7-11(9)12,14(17)20-4)15(18)21-5/h6H,7-8H2,1-5H3. The maximum atomic E-state index is 12.2. The summed E-state index contributed by atoms with van der Waals surface area (Å²) in [6.07, 6.45) is 0.587. The van der Waals surface area contributed by atoms with Crippen molar-refractivity contribution in [2.75, 3.05) is 21.3 Å². The van der Waals surface area contributed by atoms with Gasteiger partial charge in [-0.15, -0.1) is 0 Å². The molecule has 1 aromatic carbocycles. The van der Waals surface area contributed by atoms with Crippen LogP contribution in [0.25, 0.3) is 0 Å². The molecular formula is C16H20O5. The molecule has 0 heterocycles. The highest BCUT2D eigenvalue weighted by molar-refractivity contribution is 6.01. The number of carbonyl (C=O) groups excluding carboxylic acids is 2. The largest absolute Gasteiger partial charge is 0.496 e. The van der Waals surface area contributed by atoms with E-state index in [0.717, 1.165) is 28.0 Å². The zero-order chi connectivity index (χ0) is 15.8. The van der Waals surface area contributed by atoms with Crippen molar-refractivity contribution < 1.29 is 23.8 Å². The third-order valence-electron chi connectivity index (χ3n) is 4.34. The highest BCUT2D eigenvalue weighted by atomic mass is 16.5. The fourth-order valence-electron chi connectivity index (χ4n) is 3.13. The molecule has 0 bridgehead atoms. The van der Waals surface area contributed by atoms with Crippen LogP contribution in [0.1, 0.15) is 22.3 Å². The van der Waals surface area contributed by atoms with E-state index in [9.17, 15) is 9.59 Å². The van der Waals surface area contributed by atoms with Gasteiger partial charge in [-0.2, -0.15) is 0 Å². The summed E-state index contributed by atoms with van der Waals surface area (Å²) in [6, 6.07) is 1.93. The van der Waals surface area contributed by atoms with E-state index in [0.29, 0.717) is 6.42 Å². The van der Waals surface area contributed by atoms with Crippen LogP contribution >= 0.6 is 0 Å². The van der Waals surface area contributed by atoms with Gasteiger partial charge < -0.3 is 14.2 Å². The van der Waals surface area contributed by atoms with Crippen molar-refractivity contribution in [2.45, 2.75) is 26.7 Å². The van der Waals surface area contributed by atoms with Gasteiger partial charge in [0, 0.05) is 12.8 Å². The molecule has 1 aliphatic carbocycles. The summed E-state index contributed by atoms with van der Waals surface area (Å²) in [6.45, 7) is 3.88. The van der Waals surface area contributed by atoms with Gasteiger partial charge in [0.1, 0.15) is 5.75 Å². The lowest BCUT2D eigenvalue weighted by Crippen LogP contribution is -2.42. The van der Waals surface area contributed by atoms with Crippen LogP contribution in [0.3, 0.4) is 0 Å². The van der Waals surface area contributed by atoms with Gasteiger partial charge in [0.25, 0.3) is 0 Å². The Hall–Kier alpha value is -2.04. The lowest BCUT2D eigenvalue weighted by molar-refractivity contribution is -0.168. The molecule has 2 rings (SSSR count). The highest BCUT2D eigenvalue weighted by Gasteiger charge is 2.53. The van der Waals surface area contributed by atoms with Crippen molar-refractivity contribution in [1.82, 2.24) is 0 Å². The molecule has 0 amide bonds. The van der Waals surface area contributed by atoms with Gasteiger partial charge in [0.2, 0.25) is 0 Å². The Kier molecular flexibility index (Phi) is 3.94. The highest BCUT2D eigenvalue weighted by Crippen LogP contribution is 2.44. The second-order valence-electron chi connectivity index (χ2n) is 5.40. The number of rotatable bonds is 3. The predicted octanol–water partition coefficient (Wildman–Crippen LogP) is 1.74. The first kappa shape index (κ1) is 15.4. The van der Waals surface area contributed by atoms with E-state index in [1.54, 1.807) is 7.11 Å². The van der Waals surface area contributed by atoms with E-state index in [1.165, 1.54) is 14.2 Å². The smallest absolute Gasteiger partial charge is 0.323 e. The number of methoxy groups -OCH3 is 3. The van der Waals surface area contributed by atoms with Crippen molar-refractivity contribution in [2.24, 2.45) is 5.41 Å². The first-order valence-corrected chi connectivity index (χ1v) is 6.74. The molecule has 1 aliphatic rings. The van der Waals surface area contributed by atoms with Crippen molar-refractivity contribution >= 4 is 11.9 Å². The molecule has 0 N–H and O–H groups in total. The number of benzene rings is 1. The van der Waals surface area contributed by atoms with Gasteiger partial charge in [-0.25, -0.2) is 0 Å². The van der Waals surface area contributed by atoms with E-state index >= 15 is 0 Å². The molecule has 0 aliphatic heterocycles. The average Bonchev–Trinajstić information content (AvgIpc) is 2.91. The molecule has 0 spiro atoms. The third-order valence-corrected chi connectivity index (χ3v) is 4.34. The lowest BCUT2D eigenvalue weighted by Gasteiger charge is -2.22. The second-order valence-corrected chi connectivity index (χ2v) is 5.40. The SMILES string of the molecule is COC(=O)C1(C(=O)OC)Cc2c(C)cc(OC)c(C)c2C1. The van der Waals surface area contributed by atoms with Gasteiger partial charge in [-0.05, 0) is 42.2 Å². The average molecular weight is 292 g/mol. The topological polar surface area (TPSA) is 61.8 Å². The van der Waals surface area contributed by atoms with Crippen LogP contribution < -0.4 is 4.74 Å². The molecule has 0 fully saturated rings. The van der Waals surface area contributed by atoms with E-state index in [-0.39, 0.29) is 6.42 Å². The normalized spacial score (nSPS) is 15.3. The predicted molar refractivity (Wildman–Crippen MR) is 76.3 cm³/mol. The number of carbonyl (C=O) groups is 2. The van der Waals surface area contributed by atoms with E-state index in [1.807, 2.05) is 19.9 Å². The van der Waals surface area contributed by atoms with Crippen LogP contribution in [0.5, 0.6) is 5.75 Å². The van der Waals surface area contributed by atoms with Crippen molar-refractivity contribution in [3.63, 3.8) is 0 Å². The molecule has 0 aromatic heterocycles. The third kappa shape index (κ3) is 2.17. The van der Waals surface area contributed by atoms with Crippen LogP contribution in [0.15, 0.2) is 6.07 Å². The van der Waals surface area contributed by atoms with E-state index in [2.05, 4.69) is 0 Å². The maximum Gasteiger partial charge on any atom is 0.323 e. The van der Waals surface area contributed by atoms with Crippen molar-refractivity contribution in [1.29, 1.82) is 0 Å². The minimum absolute atomic E-state index is 0.283. The fraction of sp³-hybridized carbons (Fsp3) is 0.500. The van der Waals surface area contributed by atoms with Crippen molar-refractivity contribution in [3.05, 3.63) is 28.3 Å². The number of fused-ring (bicyclic) bond motifs is 1. The Morgan fingerprint density at radius 1 is 1.00 bits per heavy atom. The molecule has 5 nitrogen and oxygen atoms in total. The van der Waals surface area contributed by atoms with E-state index < -0.39 is 17.4 Å². The van der Waals surface area contributed by atoms with E-state index in [4.69, 9.17) is 14.2 Å². The summed E-state index contributed by atoms with van der Waals surface area (Å²) in [5, 5.41) is 0. The van der Waals surface area contributed by atoms with Gasteiger partial charge in [0.15, 0.2) is 5.41 Å². The number of hydrogen-bond donors (Lipinski definition) is 0. The monoisotopic (exact) mass is 292 g/mol. The van der Waals surface area contributed by atoms with Crippen molar-refractivity contribution in [3.8, 4) is 5.75 Å². The summed E-state index contributed by atoms with van der Waals surface area (Å²) in [5.74, 6) is -0.344. The fourth-order valence-corrected chi connectivity index (χ4v) is 3.13. The summed E-state index contributed by atoms with van der Waals surface area (Å²) in [7, 11) is 4.18. The zero-order valence-corrected chi connectivity index (χ0v) is 13.0. The molecule has 0 saturated carbocycles. The second kappa shape index (κ2) is 5.39. The Morgan fingerprint density at radius 2 is 1.52 bits per heavy atom. The molecule has 0 radical (unpaired) electrons. The summed E-state index contributed by atoms with van der Waals surface area (Å²) >= 11 is 0. The first-order chi connectivity index (χ1) is 9.91. The molecule has 114 valence electrons. The number of ether oxygens (including phenoxy) is 3. The molecule has 5 heteroatoms. The minimum Gasteiger partial charge on any atom is -0.496 e. The minimum atomic E-state index is -1.28. The molecular weight excluding hydrogens is 272 g/mol. The Labute approximate surface area is 124 Å². The molecule has 0 unspecified atom stereocenters. The molecule has 21 heavy (non-hydrogen) atoms. The van der Waals surface area contributed by atoms with Crippen LogP contribution in [-0.2, 0) is 31.9 Å². The Bertz CT molecular complexity index is 587. The van der Waals surface area contributed by atoms with Crippen LogP contribution in [0.2, 0.25) is 0 Å². The summed E-state index contributed by atoms with van der Waals surface area (Å²) in [5.41, 5.74) is 2.65. The Balaban J connectivity index is 2.59. The Morgan fingerprint density at radius 3 is 2.00 bits per heavy atom. The van der Waals surface area contributed by atoms with Crippen LogP contribution in [0.4, 0.5) is 0 Å². The number of hydrogen-bond acceptors (Lipinski definition) is 5. The first-order valence-electron chi connectivity index (χ1n) is 6.74. The lowest BCUT2D eigenvalue weighted by atomic mass is 9.84. The van der Waals surface area contributed by atoms with Gasteiger partial charge in [-0.1, -0.05) is 0 Å².